The first kappa shape index (κ1) is 20.3. The van der Waals surface area contributed by atoms with Crippen LogP contribution in [0.4, 0.5) is 5.69 Å². The number of carbonyl (C=O) groups is 2. The van der Waals surface area contributed by atoms with Crippen molar-refractivity contribution in [3.05, 3.63) is 94.8 Å². The summed E-state index contributed by atoms with van der Waals surface area (Å²) in [5.74, 6) is -1.30. The van der Waals surface area contributed by atoms with E-state index in [4.69, 9.17) is 4.74 Å². The van der Waals surface area contributed by atoms with E-state index in [1.807, 2.05) is 19.9 Å². The number of aliphatic hydroxyl groups excluding tert-OH is 1. The minimum atomic E-state index is -0.890. The molecule has 0 radical (unpaired) electrons. The lowest BCUT2D eigenvalue weighted by Gasteiger charge is -2.26. The summed E-state index contributed by atoms with van der Waals surface area (Å²) >= 11 is 0. The van der Waals surface area contributed by atoms with Crippen molar-refractivity contribution >= 4 is 23.1 Å². The third-order valence-corrected chi connectivity index (χ3v) is 5.54. The lowest BCUT2D eigenvalue weighted by molar-refractivity contribution is -0.132. The van der Waals surface area contributed by atoms with Crippen molar-refractivity contribution < 1.29 is 19.4 Å². The van der Waals surface area contributed by atoms with Crippen molar-refractivity contribution in [2.75, 3.05) is 12.0 Å². The fraction of sp³-hybridized carbons (Fsp3) is 0.160. The quantitative estimate of drug-likeness (QED) is 0.390. The Kier molecular flexibility index (Phi) is 5.29. The van der Waals surface area contributed by atoms with Crippen LogP contribution in [0.1, 0.15) is 28.4 Å². The molecule has 31 heavy (non-hydrogen) atoms. The molecule has 0 spiro atoms. The number of anilines is 1. The number of hydrogen-bond acceptors (Lipinski definition) is 5. The summed E-state index contributed by atoms with van der Waals surface area (Å²) in [6.07, 6.45) is 1.59. The van der Waals surface area contributed by atoms with Gasteiger partial charge >= 0.3 is 0 Å². The molecule has 0 saturated carbocycles. The standard InChI is InChI=1S/C25H22N2O4/c1-15-11-12-17(14-16(15)2)23(28)21-22(18-8-6-7-13-26-18)27(25(30)24(21)29)19-9-4-5-10-20(19)31-3/h4-14,22,28H,1-3H3/b23-21-. The molecule has 1 fully saturated rings. The lowest BCUT2D eigenvalue weighted by atomic mass is 9.96. The summed E-state index contributed by atoms with van der Waals surface area (Å²) < 4.78 is 5.43. The van der Waals surface area contributed by atoms with Crippen LogP contribution in [-0.4, -0.2) is 28.9 Å². The molecule has 3 aromatic rings. The van der Waals surface area contributed by atoms with Crippen LogP contribution in [0.2, 0.25) is 0 Å². The van der Waals surface area contributed by atoms with Gasteiger partial charge in [0.2, 0.25) is 0 Å². The molecular formula is C25H22N2O4. The Balaban J connectivity index is 1.97. The number of ether oxygens (including phenoxy) is 1. The molecule has 2 aromatic carbocycles. The van der Waals surface area contributed by atoms with E-state index in [0.717, 1.165) is 11.1 Å². The van der Waals surface area contributed by atoms with Gasteiger partial charge in [0.05, 0.1) is 24.1 Å². The second-order valence-corrected chi connectivity index (χ2v) is 7.39. The summed E-state index contributed by atoms with van der Waals surface area (Å²) in [4.78, 5) is 32.1. The van der Waals surface area contributed by atoms with E-state index < -0.39 is 17.7 Å². The zero-order chi connectivity index (χ0) is 22.1. The van der Waals surface area contributed by atoms with Crippen LogP contribution in [0.15, 0.2) is 72.4 Å². The molecule has 1 saturated heterocycles. The molecule has 156 valence electrons. The Morgan fingerprint density at radius 3 is 2.42 bits per heavy atom. The number of aryl methyl sites for hydroxylation is 2. The Morgan fingerprint density at radius 1 is 1.00 bits per heavy atom. The zero-order valence-corrected chi connectivity index (χ0v) is 17.5. The van der Waals surface area contributed by atoms with Gasteiger partial charge in [-0.05, 0) is 55.3 Å². The minimum absolute atomic E-state index is 0.00198. The first-order chi connectivity index (χ1) is 14.9. The van der Waals surface area contributed by atoms with Crippen molar-refractivity contribution in [1.29, 1.82) is 0 Å². The molecule has 0 aliphatic carbocycles. The van der Waals surface area contributed by atoms with Gasteiger partial charge in [-0.3, -0.25) is 19.5 Å². The lowest BCUT2D eigenvalue weighted by Crippen LogP contribution is -2.30. The van der Waals surface area contributed by atoms with Crippen LogP contribution in [0.3, 0.4) is 0 Å². The highest BCUT2D eigenvalue weighted by Gasteiger charge is 2.48. The molecule has 6 nitrogen and oxygen atoms in total. The fourth-order valence-corrected chi connectivity index (χ4v) is 3.77. The van der Waals surface area contributed by atoms with E-state index in [0.29, 0.717) is 22.7 Å². The maximum atomic E-state index is 13.2. The molecule has 1 aliphatic heterocycles. The van der Waals surface area contributed by atoms with Crippen molar-refractivity contribution in [2.45, 2.75) is 19.9 Å². The number of aliphatic hydroxyl groups is 1. The molecule has 2 heterocycles. The van der Waals surface area contributed by atoms with Crippen LogP contribution in [0.5, 0.6) is 5.75 Å². The summed E-state index contributed by atoms with van der Waals surface area (Å²) in [6.45, 7) is 3.89. The van der Waals surface area contributed by atoms with Crippen molar-refractivity contribution in [1.82, 2.24) is 4.98 Å². The van der Waals surface area contributed by atoms with Gasteiger partial charge in [0.15, 0.2) is 0 Å². The molecule has 1 unspecified atom stereocenters. The van der Waals surface area contributed by atoms with Crippen molar-refractivity contribution in [3.8, 4) is 5.75 Å². The number of methoxy groups -OCH3 is 1. The van der Waals surface area contributed by atoms with Crippen LogP contribution in [0.25, 0.3) is 5.76 Å². The predicted octanol–water partition coefficient (Wildman–Crippen LogP) is 4.33. The van der Waals surface area contributed by atoms with Gasteiger partial charge in [0, 0.05) is 11.8 Å². The zero-order valence-electron chi connectivity index (χ0n) is 17.5. The van der Waals surface area contributed by atoms with E-state index in [1.54, 1.807) is 60.8 Å². The number of ketones is 1. The molecule has 1 aliphatic rings. The number of nitrogens with zero attached hydrogens (tertiary/aromatic N) is 2. The Hall–Kier alpha value is -3.93. The number of aromatic nitrogens is 1. The number of carbonyl (C=O) groups excluding carboxylic acids is 2. The topological polar surface area (TPSA) is 79.7 Å². The van der Waals surface area contributed by atoms with Gasteiger partial charge < -0.3 is 9.84 Å². The van der Waals surface area contributed by atoms with Crippen LogP contribution in [-0.2, 0) is 9.59 Å². The van der Waals surface area contributed by atoms with Gasteiger partial charge in [-0.25, -0.2) is 0 Å². The highest BCUT2D eigenvalue weighted by molar-refractivity contribution is 6.51. The molecule has 1 atom stereocenters. The number of Topliss-reactive ketones (excluding diaryl/α,β-unsaturated/α-hetero) is 1. The second-order valence-electron chi connectivity index (χ2n) is 7.39. The monoisotopic (exact) mass is 414 g/mol. The van der Waals surface area contributed by atoms with E-state index >= 15 is 0 Å². The summed E-state index contributed by atoms with van der Waals surface area (Å²) in [7, 11) is 1.50. The van der Waals surface area contributed by atoms with Gasteiger partial charge in [0.25, 0.3) is 11.7 Å². The highest BCUT2D eigenvalue weighted by atomic mass is 16.5. The smallest absolute Gasteiger partial charge is 0.300 e. The predicted molar refractivity (Wildman–Crippen MR) is 118 cm³/mol. The Morgan fingerprint density at radius 2 is 1.74 bits per heavy atom. The maximum Gasteiger partial charge on any atom is 0.300 e. The third kappa shape index (κ3) is 3.46. The summed E-state index contributed by atoms with van der Waals surface area (Å²) in [5, 5.41) is 11.2. The fourth-order valence-electron chi connectivity index (χ4n) is 3.77. The Labute approximate surface area is 180 Å². The molecule has 1 amide bonds. The third-order valence-electron chi connectivity index (χ3n) is 5.54. The second kappa shape index (κ2) is 8.07. The first-order valence-corrected chi connectivity index (χ1v) is 9.86. The molecule has 6 heteroatoms. The normalized spacial score (nSPS) is 17.8. The molecule has 0 bridgehead atoms. The number of benzene rings is 2. The van der Waals surface area contributed by atoms with E-state index in [2.05, 4.69) is 4.98 Å². The van der Waals surface area contributed by atoms with Gasteiger partial charge in [0.1, 0.15) is 17.6 Å². The number of amides is 1. The summed E-state index contributed by atoms with van der Waals surface area (Å²) in [5.41, 5.74) is 3.41. The van der Waals surface area contributed by atoms with Gasteiger partial charge in [-0.15, -0.1) is 0 Å². The first-order valence-electron chi connectivity index (χ1n) is 9.86. The molecular weight excluding hydrogens is 392 g/mol. The van der Waals surface area contributed by atoms with E-state index in [9.17, 15) is 14.7 Å². The van der Waals surface area contributed by atoms with Gasteiger partial charge in [-0.2, -0.15) is 0 Å². The SMILES string of the molecule is COc1ccccc1N1C(=O)C(=O)/C(=C(\O)c2ccc(C)c(C)c2)C1c1ccccn1. The van der Waals surface area contributed by atoms with E-state index in [-0.39, 0.29) is 11.3 Å². The van der Waals surface area contributed by atoms with Crippen molar-refractivity contribution in [2.24, 2.45) is 0 Å². The van der Waals surface area contributed by atoms with E-state index in [1.165, 1.54) is 12.0 Å². The largest absolute Gasteiger partial charge is 0.507 e. The number of para-hydroxylation sites is 2. The highest BCUT2D eigenvalue weighted by Crippen LogP contribution is 2.44. The number of hydrogen-bond donors (Lipinski definition) is 1. The Bertz CT molecular complexity index is 1200. The number of pyridine rings is 1. The average Bonchev–Trinajstić information content (AvgIpc) is 3.06. The molecule has 1 N–H and O–H groups in total. The number of rotatable bonds is 4. The van der Waals surface area contributed by atoms with Crippen LogP contribution in [0, 0.1) is 13.8 Å². The van der Waals surface area contributed by atoms with Crippen LogP contribution < -0.4 is 9.64 Å². The average molecular weight is 414 g/mol. The minimum Gasteiger partial charge on any atom is -0.507 e. The summed E-state index contributed by atoms with van der Waals surface area (Å²) in [6, 6.07) is 16.7. The van der Waals surface area contributed by atoms with Crippen molar-refractivity contribution in [3.63, 3.8) is 0 Å². The van der Waals surface area contributed by atoms with Crippen LogP contribution >= 0.6 is 0 Å². The molecule has 1 aromatic heterocycles. The molecule has 4 rings (SSSR count). The van der Waals surface area contributed by atoms with Gasteiger partial charge in [-0.1, -0.05) is 30.3 Å². The maximum absolute atomic E-state index is 13.2.